The van der Waals surface area contributed by atoms with E-state index < -0.39 is 40.7 Å². The Labute approximate surface area is 155 Å². The second kappa shape index (κ2) is 7.51. The number of carbonyl (C=O) groups is 1. The van der Waals surface area contributed by atoms with Crippen LogP contribution in [0.5, 0.6) is 0 Å². The third-order valence-corrected chi connectivity index (χ3v) is 3.91. The molecule has 0 bridgehead atoms. The molecular weight excluding hydrogens is 348 g/mol. The maximum absolute atomic E-state index is 12.5. The van der Waals surface area contributed by atoms with Crippen LogP contribution in [-0.2, 0) is 14.3 Å². The monoisotopic (exact) mass is 363 g/mol. The van der Waals surface area contributed by atoms with E-state index in [1.807, 2.05) is 6.07 Å². The fraction of sp³-hybridized carbons (Fsp3) is 0.263. The zero-order chi connectivity index (χ0) is 20.2. The molecule has 0 amide bonds. The van der Waals surface area contributed by atoms with Crippen LogP contribution in [-0.4, -0.2) is 11.8 Å². The van der Waals surface area contributed by atoms with Crippen LogP contribution in [0, 0.1) is 39.9 Å². The molecule has 0 unspecified atom stereocenters. The summed E-state index contributed by atoms with van der Waals surface area (Å²) >= 11 is 0. The Morgan fingerprint density at radius 3 is 2.22 bits per heavy atom. The quantitative estimate of drug-likeness (QED) is 0.614. The minimum atomic E-state index is -1.45. The van der Waals surface area contributed by atoms with Crippen LogP contribution in [0.3, 0.4) is 0 Å². The Hall–Kier alpha value is -3.96. The van der Waals surface area contributed by atoms with E-state index in [4.69, 9.17) is 25.7 Å². The molecule has 1 aromatic carbocycles. The fourth-order valence-electron chi connectivity index (χ4n) is 2.73. The SMILES string of the molecule is CC1(C)OC(=O)C([C@@H](c2ccccc2)[C@H](C#N)C(N)=C(C#N)C#N)=C([O-])O1. The van der Waals surface area contributed by atoms with Crippen molar-refractivity contribution in [1.82, 2.24) is 0 Å². The largest absolute Gasteiger partial charge is 0.575 e. The summed E-state index contributed by atoms with van der Waals surface area (Å²) in [6.07, 6.45) is 0. The van der Waals surface area contributed by atoms with E-state index >= 15 is 0 Å². The molecule has 8 heteroatoms. The number of carbonyl (C=O) groups excluding carboxylic acids is 1. The van der Waals surface area contributed by atoms with Crippen LogP contribution in [0.4, 0.5) is 0 Å². The molecule has 27 heavy (non-hydrogen) atoms. The van der Waals surface area contributed by atoms with Crippen LogP contribution in [0.15, 0.2) is 53.1 Å². The molecule has 2 rings (SSSR count). The summed E-state index contributed by atoms with van der Waals surface area (Å²) in [7, 11) is 0. The minimum Gasteiger partial charge on any atom is -0.575 e. The molecule has 0 fully saturated rings. The van der Waals surface area contributed by atoms with Crippen molar-refractivity contribution in [2.24, 2.45) is 11.7 Å². The lowest BCUT2D eigenvalue weighted by Gasteiger charge is -2.41. The molecular formula is C19H15N4O4-. The molecule has 0 saturated carbocycles. The number of hydrogen-bond acceptors (Lipinski definition) is 8. The Bertz CT molecular complexity index is 927. The number of benzene rings is 1. The Morgan fingerprint density at radius 1 is 1.15 bits per heavy atom. The number of nitrogens with two attached hydrogens (primary N) is 1. The van der Waals surface area contributed by atoms with Gasteiger partial charge in [0.25, 0.3) is 0 Å². The lowest BCUT2D eigenvalue weighted by Crippen LogP contribution is -2.42. The van der Waals surface area contributed by atoms with E-state index in [0.29, 0.717) is 5.56 Å². The zero-order valence-corrected chi connectivity index (χ0v) is 14.6. The predicted octanol–water partition coefficient (Wildman–Crippen LogP) is 1.05. The summed E-state index contributed by atoms with van der Waals surface area (Å²) < 4.78 is 10.3. The highest BCUT2D eigenvalue weighted by Gasteiger charge is 2.39. The first kappa shape index (κ1) is 19.4. The molecule has 8 nitrogen and oxygen atoms in total. The van der Waals surface area contributed by atoms with Gasteiger partial charge in [0.15, 0.2) is 5.79 Å². The van der Waals surface area contributed by atoms with Crippen molar-refractivity contribution in [2.75, 3.05) is 0 Å². The fourth-order valence-corrected chi connectivity index (χ4v) is 2.73. The lowest BCUT2D eigenvalue weighted by atomic mass is 9.78. The van der Waals surface area contributed by atoms with Crippen LogP contribution in [0.2, 0.25) is 0 Å². The van der Waals surface area contributed by atoms with Crippen molar-refractivity contribution in [3.8, 4) is 18.2 Å². The Morgan fingerprint density at radius 2 is 1.74 bits per heavy atom. The van der Waals surface area contributed by atoms with Gasteiger partial charge in [-0.3, -0.25) is 0 Å². The zero-order valence-electron chi connectivity index (χ0n) is 14.6. The number of ether oxygens (including phenoxy) is 2. The van der Waals surface area contributed by atoms with Gasteiger partial charge in [0.2, 0.25) is 0 Å². The van der Waals surface area contributed by atoms with Crippen LogP contribution in [0.25, 0.3) is 0 Å². The molecule has 0 aromatic heterocycles. The van der Waals surface area contributed by atoms with Gasteiger partial charge in [0.1, 0.15) is 17.7 Å². The van der Waals surface area contributed by atoms with Crippen molar-refractivity contribution >= 4 is 5.97 Å². The minimum absolute atomic E-state index is 0.339. The normalized spacial score (nSPS) is 17.2. The molecule has 136 valence electrons. The average molecular weight is 363 g/mol. The van der Waals surface area contributed by atoms with Crippen LogP contribution >= 0.6 is 0 Å². The van der Waals surface area contributed by atoms with Crippen molar-refractivity contribution in [3.63, 3.8) is 0 Å². The topological polar surface area (TPSA) is 156 Å². The number of nitriles is 3. The standard InChI is InChI=1S/C19H16N4O4/c1-19(2)26-17(24)15(18(25)27-19)14(11-6-4-3-5-7-11)13(10-22)16(23)12(8-20)9-21/h3-7,13-14,24H,23H2,1-2H3/p-1/t13-,14-/m0/s1. The molecule has 0 saturated heterocycles. The first-order chi connectivity index (χ1) is 12.8. The molecule has 2 atom stereocenters. The van der Waals surface area contributed by atoms with E-state index in [2.05, 4.69) is 0 Å². The van der Waals surface area contributed by atoms with E-state index in [-0.39, 0.29) is 5.70 Å². The smallest absolute Gasteiger partial charge is 0.337 e. The molecule has 1 aliphatic rings. The van der Waals surface area contributed by atoms with E-state index in [1.165, 1.54) is 13.8 Å². The highest BCUT2D eigenvalue weighted by molar-refractivity contribution is 5.91. The molecule has 2 N–H and O–H groups in total. The van der Waals surface area contributed by atoms with Gasteiger partial charge < -0.3 is 20.3 Å². The second-order valence-electron chi connectivity index (χ2n) is 6.14. The van der Waals surface area contributed by atoms with Gasteiger partial charge in [-0.05, 0) is 19.4 Å². The molecule has 0 spiro atoms. The van der Waals surface area contributed by atoms with Crippen LogP contribution < -0.4 is 10.8 Å². The van der Waals surface area contributed by atoms with Gasteiger partial charge in [-0.15, -0.1) is 0 Å². The molecule has 1 aromatic rings. The second-order valence-corrected chi connectivity index (χ2v) is 6.14. The molecule has 1 heterocycles. The summed E-state index contributed by atoms with van der Waals surface area (Å²) in [5.41, 5.74) is 5.05. The highest BCUT2D eigenvalue weighted by Crippen LogP contribution is 2.40. The molecule has 0 radical (unpaired) electrons. The summed E-state index contributed by atoms with van der Waals surface area (Å²) in [4.78, 5) is 12.5. The van der Waals surface area contributed by atoms with Crippen molar-refractivity contribution < 1.29 is 19.4 Å². The van der Waals surface area contributed by atoms with Gasteiger partial charge >= 0.3 is 5.97 Å². The van der Waals surface area contributed by atoms with Crippen LogP contribution in [0.1, 0.15) is 25.3 Å². The van der Waals surface area contributed by atoms with E-state index in [0.717, 1.165) is 0 Å². The Kier molecular flexibility index (Phi) is 5.39. The van der Waals surface area contributed by atoms with E-state index in [9.17, 15) is 15.2 Å². The summed E-state index contributed by atoms with van der Waals surface area (Å²) in [6.45, 7) is 2.80. The Balaban J connectivity index is 2.73. The van der Waals surface area contributed by atoms with Crippen molar-refractivity contribution in [3.05, 3.63) is 58.7 Å². The van der Waals surface area contributed by atoms with Gasteiger partial charge in [0, 0.05) is 5.92 Å². The van der Waals surface area contributed by atoms with Crippen molar-refractivity contribution in [2.45, 2.75) is 25.6 Å². The van der Waals surface area contributed by atoms with Gasteiger partial charge in [-0.2, -0.15) is 15.8 Å². The highest BCUT2D eigenvalue weighted by atomic mass is 16.8. The first-order valence-corrected chi connectivity index (χ1v) is 7.83. The summed E-state index contributed by atoms with van der Waals surface area (Å²) in [5.74, 6) is -5.86. The third-order valence-electron chi connectivity index (χ3n) is 3.91. The van der Waals surface area contributed by atoms with Crippen molar-refractivity contribution in [1.29, 1.82) is 15.8 Å². The maximum atomic E-state index is 12.5. The number of nitrogens with zero attached hydrogens (tertiary/aromatic N) is 3. The van der Waals surface area contributed by atoms with Gasteiger partial charge in [-0.1, -0.05) is 30.3 Å². The third kappa shape index (κ3) is 3.84. The molecule has 1 aliphatic heterocycles. The first-order valence-electron chi connectivity index (χ1n) is 7.83. The average Bonchev–Trinajstić information content (AvgIpc) is 2.61. The maximum Gasteiger partial charge on any atom is 0.337 e. The van der Waals surface area contributed by atoms with Gasteiger partial charge in [-0.25, -0.2) is 4.79 Å². The lowest BCUT2D eigenvalue weighted by molar-refractivity contribution is -0.394. The summed E-state index contributed by atoms with van der Waals surface area (Å²) in [5, 5.41) is 40.3. The number of cyclic esters (lactones) is 1. The predicted molar refractivity (Wildman–Crippen MR) is 89.0 cm³/mol. The number of hydrogen-bond donors (Lipinski definition) is 1. The molecule has 0 aliphatic carbocycles. The van der Waals surface area contributed by atoms with Gasteiger partial charge in [0.05, 0.1) is 29.2 Å². The number of rotatable bonds is 4. The number of esters is 1. The summed E-state index contributed by atoms with van der Waals surface area (Å²) in [6, 6.07) is 13.3. The number of allylic oxidation sites excluding steroid dienone is 2. The van der Waals surface area contributed by atoms with E-state index in [1.54, 1.807) is 42.5 Å².